The van der Waals surface area contributed by atoms with Gasteiger partial charge in [-0.25, -0.2) is 0 Å². The number of benzene rings is 4. The van der Waals surface area contributed by atoms with Crippen molar-refractivity contribution in [2.24, 2.45) is 0 Å². The number of ether oxygens (including phenoxy) is 2. The predicted molar refractivity (Wildman–Crippen MR) is 209 cm³/mol. The van der Waals surface area contributed by atoms with Gasteiger partial charge in [-0.3, -0.25) is 0 Å². The molecule has 6 rings (SSSR count). The van der Waals surface area contributed by atoms with E-state index in [9.17, 15) is 0 Å². The number of furan rings is 2. The smallest absolute Gasteiger partial charge is 0.142 e. The van der Waals surface area contributed by atoms with Crippen molar-refractivity contribution in [3.05, 3.63) is 81.9 Å². The Kier molecular flexibility index (Phi) is 12.7. The fraction of sp³-hybridized carbons (Fsp3) is 0.467. The summed E-state index contributed by atoms with van der Waals surface area (Å²) in [6.07, 6.45) is 12.9. The fourth-order valence-corrected chi connectivity index (χ4v) is 7.03. The van der Waals surface area contributed by atoms with Crippen molar-refractivity contribution in [2.75, 3.05) is 13.2 Å². The third-order valence-corrected chi connectivity index (χ3v) is 10.0. The van der Waals surface area contributed by atoms with Crippen LogP contribution in [0.5, 0.6) is 11.5 Å². The summed E-state index contributed by atoms with van der Waals surface area (Å²) in [7, 11) is 0. The maximum atomic E-state index is 6.31. The van der Waals surface area contributed by atoms with Crippen molar-refractivity contribution in [3.63, 3.8) is 0 Å². The van der Waals surface area contributed by atoms with E-state index in [2.05, 4.69) is 104 Å². The summed E-state index contributed by atoms with van der Waals surface area (Å²) in [4.78, 5) is 0. The first-order valence-electron chi connectivity index (χ1n) is 19.0. The van der Waals surface area contributed by atoms with Crippen LogP contribution < -0.4 is 9.47 Å². The Morgan fingerprint density at radius 2 is 0.776 bits per heavy atom. The zero-order valence-electron chi connectivity index (χ0n) is 31.4. The van der Waals surface area contributed by atoms with E-state index in [0.29, 0.717) is 0 Å². The molecule has 4 heteroatoms. The number of hydrogen-bond acceptors (Lipinski definition) is 4. The maximum Gasteiger partial charge on any atom is 0.142 e. The van der Waals surface area contributed by atoms with Crippen molar-refractivity contribution < 1.29 is 18.3 Å². The second kappa shape index (κ2) is 17.1. The molecule has 0 N–H and O–H groups in total. The number of hydrogen-bond donors (Lipinski definition) is 0. The molecule has 0 spiro atoms. The predicted octanol–water partition coefficient (Wildman–Crippen LogP) is 13.8. The van der Waals surface area contributed by atoms with E-state index in [0.717, 1.165) is 96.7 Å². The largest absolute Gasteiger partial charge is 0.493 e. The van der Waals surface area contributed by atoms with Crippen LogP contribution in [0.4, 0.5) is 0 Å². The molecule has 0 aliphatic heterocycles. The highest BCUT2D eigenvalue weighted by Gasteiger charge is 2.17. The van der Waals surface area contributed by atoms with Gasteiger partial charge >= 0.3 is 0 Å². The maximum absolute atomic E-state index is 6.31. The van der Waals surface area contributed by atoms with E-state index < -0.39 is 0 Å². The average Bonchev–Trinajstić information content (AvgIpc) is 3.68. The minimum Gasteiger partial charge on any atom is -0.493 e. The summed E-state index contributed by atoms with van der Waals surface area (Å²) >= 11 is 0. The summed E-state index contributed by atoms with van der Waals surface area (Å²) in [6, 6.07) is 17.4. The monoisotopic (exact) mass is 662 g/mol. The van der Waals surface area contributed by atoms with Gasteiger partial charge in [0, 0.05) is 32.7 Å². The second-order valence-corrected chi connectivity index (χ2v) is 13.8. The molecule has 0 bridgehead atoms. The normalized spacial score (nSPS) is 11.5. The number of rotatable bonds is 15. The van der Waals surface area contributed by atoms with E-state index in [1.54, 1.807) is 0 Å². The molecule has 0 fully saturated rings. The van der Waals surface area contributed by atoms with Crippen molar-refractivity contribution in [2.45, 2.75) is 126 Å². The molecule has 0 saturated heterocycles. The highest BCUT2D eigenvalue weighted by molar-refractivity contribution is 6.08. The molecule has 4 aromatic carbocycles. The lowest BCUT2D eigenvalue weighted by Gasteiger charge is -2.09. The van der Waals surface area contributed by atoms with E-state index in [1.165, 1.54) is 75.9 Å². The Bertz CT molecular complexity index is 1990. The van der Waals surface area contributed by atoms with Crippen LogP contribution in [0, 0.1) is 27.7 Å². The lowest BCUT2D eigenvalue weighted by atomic mass is 10.0. The Morgan fingerprint density at radius 3 is 1.18 bits per heavy atom. The Balaban J connectivity index is 0.000000191. The molecular weight excluding hydrogens is 604 g/mol. The number of fused-ring (bicyclic) bond motifs is 6. The lowest BCUT2D eigenvalue weighted by Crippen LogP contribution is -1.98. The molecule has 0 amide bonds. The third-order valence-electron chi connectivity index (χ3n) is 10.0. The first-order chi connectivity index (χ1) is 23.8. The summed E-state index contributed by atoms with van der Waals surface area (Å²) in [6.45, 7) is 19.0. The van der Waals surface area contributed by atoms with Gasteiger partial charge in [0.25, 0.3) is 0 Å². The molecule has 2 heterocycles. The minimum atomic E-state index is 0.778. The third kappa shape index (κ3) is 7.95. The Hall–Kier alpha value is -3.92. The summed E-state index contributed by atoms with van der Waals surface area (Å²) in [5, 5.41) is 4.81. The van der Waals surface area contributed by atoms with Gasteiger partial charge in [-0.2, -0.15) is 0 Å². The lowest BCUT2D eigenvalue weighted by molar-refractivity contribution is 0.303. The van der Waals surface area contributed by atoms with Gasteiger partial charge in [-0.05, 0) is 99.9 Å². The van der Waals surface area contributed by atoms with Crippen molar-refractivity contribution in [3.8, 4) is 11.5 Å². The van der Waals surface area contributed by atoms with Crippen LogP contribution in [-0.4, -0.2) is 13.2 Å². The fourth-order valence-electron chi connectivity index (χ4n) is 7.03. The molecule has 262 valence electrons. The highest BCUT2D eigenvalue weighted by atomic mass is 16.5. The van der Waals surface area contributed by atoms with Gasteiger partial charge in [0.2, 0.25) is 0 Å². The van der Waals surface area contributed by atoms with Crippen LogP contribution in [0.2, 0.25) is 0 Å². The summed E-state index contributed by atoms with van der Waals surface area (Å²) < 4.78 is 24.6. The van der Waals surface area contributed by atoms with Gasteiger partial charge in [-0.15, -0.1) is 0 Å². The SMILES string of the molecule is CCCCCCOc1ccc2c(oc3c(C)c(CCC)ccc32)c1C.CCCCCOc1ccc2c(oc3c(C)c(CCC)ccc32)c1C. The molecule has 2 aromatic heterocycles. The van der Waals surface area contributed by atoms with Gasteiger partial charge < -0.3 is 18.3 Å². The van der Waals surface area contributed by atoms with Crippen LogP contribution in [0.15, 0.2) is 57.4 Å². The number of unbranched alkanes of at least 4 members (excludes halogenated alkanes) is 5. The quantitative estimate of drug-likeness (QED) is 0.103. The van der Waals surface area contributed by atoms with Crippen molar-refractivity contribution in [1.82, 2.24) is 0 Å². The van der Waals surface area contributed by atoms with E-state index in [4.69, 9.17) is 18.3 Å². The molecule has 0 saturated carbocycles. The zero-order valence-corrected chi connectivity index (χ0v) is 31.4. The molecule has 4 nitrogen and oxygen atoms in total. The van der Waals surface area contributed by atoms with Gasteiger partial charge in [0.1, 0.15) is 33.8 Å². The first kappa shape index (κ1) is 36.4. The second-order valence-electron chi connectivity index (χ2n) is 13.8. The molecular formula is C45H58O4. The number of aryl methyl sites for hydroxylation is 6. The van der Waals surface area contributed by atoms with Crippen molar-refractivity contribution >= 4 is 43.9 Å². The van der Waals surface area contributed by atoms with Crippen LogP contribution in [0.25, 0.3) is 43.9 Å². The Labute approximate surface area is 294 Å². The standard InChI is InChI=1S/C23H30O2.C22H28O2/c1-5-7-8-9-15-24-21-14-13-20-19-12-11-18(10-6-2)16(3)22(19)25-23(20)17(21)4;1-5-7-8-14-23-20-13-12-19-18-11-10-17(9-6-2)15(3)21(18)24-22(19)16(20)4/h11-14H,5-10,15H2,1-4H3;10-13H,5-9,14H2,1-4H3. The Morgan fingerprint density at radius 1 is 0.408 bits per heavy atom. The highest BCUT2D eigenvalue weighted by Crippen LogP contribution is 2.39. The topological polar surface area (TPSA) is 44.7 Å². The van der Waals surface area contributed by atoms with Crippen molar-refractivity contribution in [1.29, 1.82) is 0 Å². The van der Waals surface area contributed by atoms with E-state index >= 15 is 0 Å². The van der Waals surface area contributed by atoms with Crippen LogP contribution >= 0.6 is 0 Å². The molecule has 0 aliphatic rings. The average molecular weight is 663 g/mol. The van der Waals surface area contributed by atoms with Gasteiger partial charge in [0.15, 0.2) is 0 Å². The van der Waals surface area contributed by atoms with E-state index in [-0.39, 0.29) is 0 Å². The first-order valence-corrected chi connectivity index (χ1v) is 19.0. The molecule has 6 aromatic rings. The zero-order chi connectivity index (χ0) is 34.9. The minimum absolute atomic E-state index is 0.778. The molecule has 0 unspecified atom stereocenters. The van der Waals surface area contributed by atoms with Crippen LogP contribution in [-0.2, 0) is 12.8 Å². The molecule has 0 radical (unpaired) electrons. The van der Waals surface area contributed by atoms with E-state index in [1.807, 2.05) is 0 Å². The molecule has 49 heavy (non-hydrogen) atoms. The van der Waals surface area contributed by atoms with Crippen LogP contribution in [0.1, 0.15) is 119 Å². The summed E-state index contributed by atoms with van der Waals surface area (Å²) in [5.74, 6) is 1.90. The summed E-state index contributed by atoms with van der Waals surface area (Å²) in [5.41, 5.74) is 11.5. The van der Waals surface area contributed by atoms with Gasteiger partial charge in [0.05, 0.1) is 13.2 Å². The van der Waals surface area contributed by atoms with Gasteiger partial charge in [-0.1, -0.05) is 96.9 Å². The molecule has 0 atom stereocenters. The molecule has 0 aliphatic carbocycles. The van der Waals surface area contributed by atoms with Crippen LogP contribution in [0.3, 0.4) is 0 Å².